The summed E-state index contributed by atoms with van der Waals surface area (Å²) < 4.78 is 11.9. The molecule has 9 heteroatoms. The van der Waals surface area contributed by atoms with E-state index in [4.69, 9.17) is 4.74 Å². The first-order valence-corrected chi connectivity index (χ1v) is 7.53. The van der Waals surface area contributed by atoms with E-state index in [1.165, 1.54) is 13.4 Å². The summed E-state index contributed by atoms with van der Waals surface area (Å²) in [6, 6.07) is 7.26. The van der Waals surface area contributed by atoms with E-state index in [-0.39, 0.29) is 12.3 Å². The lowest BCUT2D eigenvalue weighted by Crippen LogP contribution is -2.47. The number of amides is 1. The molecule has 0 bridgehead atoms. The van der Waals surface area contributed by atoms with Crippen molar-refractivity contribution in [3.05, 3.63) is 30.6 Å². The number of ether oxygens (including phenoxy) is 2. The second-order valence-electron chi connectivity index (χ2n) is 5.27. The summed E-state index contributed by atoms with van der Waals surface area (Å²) in [5.74, 6) is -0.161. The van der Waals surface area contributed by atoms with Crippen molar-refractivity contribution < 1.29 is 19.1 Å². The molecular formula is C15H17N5O4. The number of carbonyl (C=O) groups excluding carboxylic acids is 2. The molecule has 1 unspecified atom stereocenters. The number of hydrogen-bond acceptors (Lipinski definition) is 7. The molecule has 1 atom stereocenters. The molecule has 126 valence electrons. The first-order valence-electron chi connectivity index (χ1n) is 7.53. The van der Waals surface area contributed by atoms with E-state index in [1.807, 2.05) is 18.2 Å². The standard InChI is InChI=1S/C15H17N5O4/c1-23-14(21)9-13-15(22)20(8-4-7-19-10-16-17-18-19)11-5-2-3-6-12(11)24-13/h2-3,5-6,10,13H,4,7-9H2,1H3. The molecule has 3 rings (SSSR count). The summed E-state index contributed by atoms with van der Waals surface area (Å²) in [6.07, 6.45) is 1.19. The number of aromatic nitrogens is 4. The smallest absolute Gasteiger partial charge is 0.309 e. The van der Waals surface area contributed by atoms with Gasteiger partial charge in [-0.15, -0.1) is 5.10 Å². The Morgan fingerprint density at radius 2 is 2.17 bits per heavy atom. The van der Waals surface area contributed by atoms with Crippen LogP contribution >= 0.6 is 0 Å². The van der Waals surface area contributed by atoms with Crippen molar-refractivity contribution in [3.8, 4) is 5.75 Å². The minimum absolute atomic E-state index is 0.118. The second kappa shape index (κ2) is 7.07. The number of nitrogens with zero attached hydrogens (tertiary/aromatic N) is 5. The van der Waals surface area contributed by atoms with Gasteiger partial charge in [-0.3, -0.25) is 9.59 Å². The summed E-state index contributed by atoms with van der Waals surface area (Å²) >= 11 is 0. The molecule has 24 heavy (non-hydrogen) atoms. The molecule has 2 aromatic rings. The zero-order valence-corrected chi connectivity index (χ0v) is 13.2. The predicted octanol–water partition coefficient (Wildman–Crippen LogP) is 0.420. The van der Waals surface area contributed by atoms with Gasteiger partial charge in [0.2, 0.25) is 0 Å². The van der Waals surface area contributed by atoms with Crippen molar-refractivity contribution in [1.29, 1.82) is 0 Å². The fraction of sp³-hybridized carbons (Fsp3) is 0.400. The number of anilines is 1. The lowest BCUT2D eigenvalue weighted by Gasteiger charge is -2.34. The van der Waals surface area contributed by atoms with Crippen LogP contribution in [0.15, 0.2) is 30.6 Å². The maximum Gasteiger partial charge on any atom is 0.309 e. The molecule has 0 spiro atoms. The third-order valence-corrected chi connectivity index (χ3v) is 3.71. The van der Waals surface area contributed by atoms with E-state index in [0.717, 1.165) is 0 Å². The molecule has 1 aliphatic heterocycles. The van der Waals surface area contributed by atoms with Gasteiger partial charge in [0.15, 0.2) is 6.10 Å². The molecule has 0 fully saturated rings. The molecule has 1 aromatic carbocycles. The average molecular weight is 331 g/mol. The molecule has 1 amide bonds. The number of fused-ring (bicyclic) bond motifs is 1. The third kappa shape index (κ3) is 3.34. The SMILES string of the molecule is COC(=O)CC1Oc2ccccc2N(CCCn2cnnn2)C1=O. The highest BCUT2D eigenvalue weighted by Crippen LogP contribution is 2.34. The summed E-state index contributed by atoms with van der Waals surface area (Å²) in [5, 5.41) is 10.9. The van der Waals surface area contributed by atoms with Gasteiger partial charge in [0, 0.05) is 13.1 Å². The number of esters is 1. The molecule has 0 saturated carbocycles. The van der Waals surface area contributed by atoms with E-state index < -0.39 is 12.1 Å². The molecule has 1 aromatic heterocycles. The van der Waals surface area contributed by atoms with Crippen LogP contribution in [0, 0.1) is 0 Å². The number of methoxy groups -OCH3 is 1. The largest absolute Gasteiger partial charge is 0.478 e. The molecule has 0 radical (unpaired) electrons. The van der Waals surface area contributed by atoms with E-state index in [9.17, 15) is 9.59 Å². The van der Waals surface area contributed by atoms with Gasteiger partial charge >= 0.3 is 5.97 Å². The fourth-order valence-corrected chi connectivity index (χ4v) is 2.54. The Balaban J connectivity index is 1.74. The number of benzene rings is 1. The fourth-order valence-electron chi connectivity index (χ4n) is 2.54. The van der Waals surface area contributed by atoms with E-state index in [0.29, 0.717) is 30.9 Å². The van der Waals surface area contributed by atoms with E-state index in [2.05, 4.69) is 20.3 Å². The highest BCUT2D eigenvalue weighted by atomic mass is 16.5. The van der Waals surface area contributed by atoms with Crippen LogP contribution in [0.2, 0.25) is 0 Å². The average Bonchev–Trinajstić information content (AvgIpc) is 3.11. The molecule has 0 saturated heterocycles. The Morgan fingerprint density at radius 3 is 2.92 bits per heavy atom. The number of rotatable bonds is 6. The number of aryl methyl sites for hydroxylation is 1. The zero-order valence-electron chi connectivity index (χ0n) is 13.2. The highest BCUT2D eigenvalue weighted by molar-refractivity contribution is 6.01. The summed E-state index contributed by atoms with van der Waals surface area (Å²) in [6.45, 7) is 1.05. The summed E-state index contributed by atoms with van der Waals surface area (Å²) in [4.78, 5) is 25.8. The van der Waals surface area contributed by atoms with Gasteiger partial charge in [-0.25, -0.2) is 4.68 Å². The van der Waals surface area contributed by atoms with E-state index in [1.54, 1.807) is 15.6 Å². The van der Waals surface area contributed by atoms with Crippen LogP contribution in [-0.2, 0) is 20.9 Å². The van der Waals surface area contributed by atoms with Crippen LogP contribution in [0.5, 0.6) is 5.75 Å². The third-order valence-electron chi connectivity index (χ3n) is 3.71. The Hall–Kier alpha value is -2.97. The Morgan fingerprint density at radius 1 is 1.33 bits per heavy atom. The van der Waals surface area contributed by atoms with Crippen LogP contribution in [0.1, 0.15) is 12.8 Å². The first kappa shape index (κ1) is 15.9. The second-order valence-corrected chi connectivity index (χ2v) is 5.27. The van der Waals surface area contributed by atoms with Crippen LogP contribution in [0.25, 0.3) is 0 Å². The van der Waals surface area contributed by atoms with Crippen molar-refractivity contribution in [2.75, 3.05) is 18.6 Å². The Bertz CT molecular complexity index is 718. The van der Waals surface area contributed by atoms with Gasteiger partial charge in [-0.1, -0.05) is 12.1 Å². The number of hydrogen-bond donors (Lipinski definition) is 0. The van der Waals surface area contributed by atoms with Gasteiger partial charge in [0.25, 0.3) is 5.91 Å². The van der Waals surface area contributed by atoms with Gasteiger partial charge < -0.3 is 14.4 Å². The van der Waals surface area contributed by atoms with Gasteiger partial charge in [0.1, 0.15) is 12.1 Å². The molecular weight excluding hydrogens is 314 g/mol. The van der Waals surface area contributed by atoms with Crippen molar-refractivity contribution in [2.45, 2.75) is 25.5 Å². The molecule has 0 N–H and O–H groups in total. The zero-order chi connectivity index (χ0) is 16.9. The minimum Gasteiger partial charge on any atom is -0.478 e. The highest BCUT2D eigenvalue weighted by Gasteiger charge is 2.35. The monoisotopic (exact) mass is 331 g/mol. The lowest BCUT2D eigenvalue weighted by atomic mass is 10.1. The minimum atomic E-state index is -0.875. The van der Waals surface area contributed by atoms with Crippen LogP contribution in [0.4, 0.5) is 5.69 Å². The molecule has 9 nitrogen and oxygen atoms in total. The van der Waals surface area contributed by atoms with Gasteiger partial charge in [-0.2, -0.15) is 0 Å². The van der Waals surface area contributed by atoms with Crippen LogP contribution in [0.3, 0.4) is 0 Å². The van der Waals surface area contributed by atoms with E-state index >= 15 is 0 Å². The predicted molar refractivity (Wildman–Crippen MR) is 82.3 cm³/mol. The Kier molecular flexibility index (Phi) is 4.69. The number of para-hydroxylation sites is 2. The summed E-state index contributed by atoms with van der Waals surface area (Å²) in [5.41, 5.74) is 0.695. The lowest BCUT2D eigenvalue weighted by molar-refractivity contribution is -0.145. The maximum atomic E-state index is 12.7. The molecule has 0 aliphatic carbocycles. The normalized spacial score (nSPS) is 16.5. The molecule has 1 aliphatic rings. The van der Waals surface area contributed by atoms with Crippen molar-refractivity contribution in [2.24, 2.45) is 0 Å². The Labute approximate surface area is 138 Å². The molecule has 2 heterocycles. The first-order chi connectivity index (χ1) is 11.7. The van der Waals surface area contributed by atoms with Crippen molar-refractivity contribution >= 4 is 17.6 Å². The topological polar surface area (TPSA) is 99.4 Å². The summed E-state index contributed by atoms with van der Waals surface area (Å²) in [7, 11) is 1.29. The van der Waals surface area contributed by atoms with Crippen LogP contribution in [-0.4, -0.2) is 51.8 Å². The van der Waals surface area contributed by atoms with Gasteiger partial charge in [0.05, 0.1) is 19.2 Å². The maximum absolute atomic E-state index is 12.7. The quantitative estimate of drug-likeness (QED) is 0.707. The van der Waals surface area contributed by atoms with Crippen molar-refractivity contribution in [3.63, 3.8) is 0 Å². The van der Waals surface area contributed by atoms with Crippen LogP contribution < -0.4 is 9.64 Å². The number of tetrazole rings is 1. The van der Waals surface area contributed by atoms with Crippen molar-refractivity contribution in [1.82, 2.24) is 20.2 Å². The number of carbonyl (C=O) groups is 2. The van der Waals surface area contributed by atoms with Gasteiger partial charge in [-0.05, 0) is 29.0 Å².